The Kier molecular flexibility index (Phi) is 12.5. The van der Waals surface area contributed by atoms with Crippen LogP contribution in [-0.4, -0.2) is 163 Å². The van der Waals surface area contributed by atoms with Crippen LogP contribution in [0.1, 0.15) is 66.2 Å². The lowest BCUT2D eigenvalue weighted by Gasteiger charge is -2.65. The Hall–Kier alpha value is -1.12. The minimum Gasteiger partial charge on any atom is -0.390 e. The van der Waals surface area contributed by atoms with Crippen LogP contribution in [0.2, 0.25) is 0 Å². The van der Waals surface area contributed by atoms with Crippen LogP contribution in [0.5, 0.6) is 0 Å². The fraction of sp³-hybridized carbons (Fsp3) is 0.897. The van der Waals surface area contributed by atoms with Gasteiger partial charge in [-0.05, 0) is 72.7 Å². The predicted octanol–water partition coefficient (Wildman–Crippen LogP) is -0.894. The van der Waals surface area contributed by atoms with Crippen molar-refractivity contribution in [3.05, 3.63) is 23.8 Å². The van der Waals surface area contributed by atoms with Gasteiger partial charge in [-0.15, -0.1) is 0 Å². The normalized spacial score (nSPS) is 51.7. The third-order valence-corrected chi connectivity index (χ3v) is 14.6. The van der Waals surface area contributed by atoms with Gasteiger partial charge in [0.1, 0.15) is 54.4 Å². The Labute approximate surface area is 317 Å². The zero-order chi connectivity index (χ0) is 39.7. The summed E-state index contributed by atoms with van der Waals surface area (Å²) in [5.74, 6) is -2.18. The van der Waals surface area contributed by atoms with E-state index in [1.165, 1.54) is 7.11 Å². The largest absolute Gasteiger partial charge is 0.390 e. The number of methoxy groups -OCH3 is 1. The lowest BCUT2D eigenvalue weighted by atomic mass is 9.43. The molecule has 0 aromatic carbocycles. The summed E-state index contributed by atoms with van der Waals surface area (Å²) >= 11 is 0. The molecule has 0 aromatic rings. The van der Waals surface area contributed by atoms with Gasteiger partial charge in [-0.1, -0.05) is 45.9 Å². The highest BCUT2D eigenvalue weighted by Crippen LogP contribution is 2.69. The molecule has 6 rings (SSSR count). The van der Waals surface area contributed by atoms with Gasteiger partial charge < -0.3 is 74.7 Å². The predicted molar refractivity (Wildman–Crippen MR) is 190 cm³/mol. The minimum absolute atomic E-state index is 0.128. The second-order valence-electron chi connectivity index (χ2n) is 17.7. The standard InChI is InChI=1S/C39H64O15/c1-17(19(3)14-51-35-31(47)27(43)22(40)15-52-35)7-8-18(2)25-29(45)30(46)33-38(25,5)12-10-24-37(4)11-9-20(13-21(37)26(42)34(48)39(24,33)49)54-36-32(50-6)28(44)23(41)16-53-36/h13,18-20,22-36,40-49H,1,7-12,14-16H2,2-6H3/t18-,19-,20+,22-,23-,24-,25+,26+,27+,28+,29-,30+,31-,32-,33-,34-,35-,36+,37+,38-,39+/m1/s1. The van der Waals surface area contributed by atoms with E-state index in [1.807, 2.05) is 27.7 Å². The summed E-state index contributed by atoms with van der Waals surface area (Å²) in [5, 5.41) is 110. The molecule has 0 aromatic heterocycles. The molecule has 2 heterocycles. The van der Waals surface area contributed by atoms with Crippen molar-refractivity contribution in [3.8, 4) is 0 Å². The molecule has 0 bridgehead atoms. The quantitative estimate of drug-likeness (QED) is 0.114. The maximum atomic E-state index is 12.8. The molecule has 54 heavy (non-hydrogen) atoms. The van der Waals surface area contributed by atoms with Crippen LogP contribution < -0.4 is 0 Å². The number of aliphatic hydroxyl groups excluding tert-OH is 9. The summed E-state index contributed by atoms with van der Waals surface area (Å²) in [6.07, 6.45) is -10.6. The molecule has 10 N–H and O–H groups in total. The highest BCUT2D eigenvalue weighted by atomic mass is 16.7. The third-order valence-electron chi connectivity index (χ3n) is 14.6. The van der Waals surface area contributed by atoms with E-state index in [9.17, 15) is 51.1 Å². The second-order valence-corrected chi connectivity index (χ2v) is 17.7. The van der Waals surface area contributed by atoms with Crippen LogP contribution in [-0.2, 0) is 23.7 Å². The lowest BCUT2D eigenvalue weighted by molar-refractivity contribution is -0.289. The first kappa shape index (κ1) is 42.5. The molecule has 310 valence electrons. The molecule has 3 saturated carbocycles. The van der Waals surface area contributed by atoms with Crippen molar-refractivity contribution in [2.75, 3.05) is 26.9 Å². The smallest absolute Gasteiger partial charge is 0.187 e. The van der Waals surface area contributed by atoms with E-state index >= 15 is 0 Å². The number of ether oxygens (including phenoxy) is 5. The molecule has 2 saturated heterocycles. The molecule has 5 fully saturated rings. The molecular formula is C39H64O15. The maximum Gasteiger partial charge on any atom is 0.187 e. The lowest BCUT2D eigenvalue weighted by Crippen LogP contribution is -2.73. The molecule has 6 aliphatic rings. The highest BCUT2D eigenvalue weighted by molar-refractivity contribution is 5.36. The molecule has 2 aliphatic heterocycles. The minimum atomic E-state index is -1.92. The molecule has 0 spiro atoms. The Morgan fingerprint density at radius 3 is 2.19 bits per heavy atom. The molecule has 15 heteroatoms. The second kappa shape index (κ2) is 15.9. The van der Waals surface area contributed by atoms with Gasteiger partial charge in [0.25, 0.3) is 0 Å². The molecule has 4 aliphatic carbocycles. The van der Waals surface area contributed by atoms with Crippen LogP contribution in [0, 0.1) is 40.4 Å². The zero-order valence-electron chi connectivity index (χ0n) is 32.1. The number of aliphatic hydroxyl groups is 10. The fourth-order valence-corrected chi connectivity index (χ4v) is 11.5. The van der Waals surface area contributed by atoms with Crippen LogP contribution in [0.3, 0.4) is 0 Å². The molecule has 0 unspecified atom stereocenters. The Morgan fingerprint density at radius 1 is 0.870 bits per heavy atom. The highest BCUT2D eigenvalue weighted by Gasteiger charge is 2.74. The average Bonchev–Trinajstić information content (AvgIpc) is 3.34. The van der Waals surface area contributed by atoms with E-state index in [0.717, 1.165) is 5.57 Å². The first-order chi connectivity index (χ1) is 25.3. The van der Waals surface area contributed by atoms with Crippen LogP contribution in [0.25, 0.3) is 0 Å². The summed E-state index contributed by atoms with van der Waals surface area (Å²) in [7, 11) is 1.39. The maximum absolute atomic E-state index is 12.8. The van der Waals surface area contributed by atoms with Gasteiger partial charge in [0, 0.05) is 18.9 Å². The van der Waals surface area contributed by atoms with Crippen molar-refractivity contribution < 1.29 is 74.7 Å². The summed E-state index contributed by atoms with van der Waals surface area (Å²) in [6, 6.07) is 0. The third kappa shape index (κ3) is 6.96. The van der Waals surface area contributed by atoms with Crippen molar-refractivity contribution in [2.24, 2.45) is 40.4 Å². The number of hydrogen-bond acceptors (Lipinski definition) is 15. The number of fused-ring (bicyclic) bond motifs is 5. The summed E-state index contributed by atoms with van der Waals surface area (Å²) in [6.45, 7) is 12.0. The van der Waals surface area contributed by atoms with Gasteiger partial charge >= 0.3 is 0 Å². The molecule has 15 nitrogen and oxygen atoms in total. The molecule has 0 radical (unpaired) electrons. The van der Waals surface area contributed by atoms with Gasteiger partial charge in [-0.2, -0.15) is 0 Å². The van der Waals surface area contributed by atoms with E-state index in [-0.39, 0.29) is 31.7 Å². The van der Waals surface area contributed by atoms with E-state index in [0.29, 0.717) is 44.1 Å². The van der Waals surface area contributed by atoms with Gasteiger partial charge in [0.15, 0.2) is 12.6 Å². The van der Waals surface area contributed by atoms with Crippen molar-refractivity contribution in [2.45, 2.75) is 152 Å². The fourth-order valence-electron chi connectivity index (χ4n) is 11.5. The first-order valence-corrected chi connectivity index (χ1v) is 19.6. The molecular weight excluding hydrogens is 708 g/mol. The van der Waals surface area contributed by atoms with Crippen molar-refractivity contribution >= 4 is 0 Å². The Bertz CT molecular complexity index is 1360. The van der Waals surface area contributed by atoms with E-state index < -0.39 is 114 Å². The summed E-state index contributed by atoms with van der Waals surface area (Å²) in [5.41, 5.74) is -2.07. The van der Waals surface area contributed by atoms with Crippen molar-refractivity contribution in [3.63, 3.8) is 0 Å². The van der Waals surface area contributed by atoms with Crippen LogP contribution in [0.4, 0.5) is 0 Å². The summed E-state index contributed by atoms with van der Waals surface area (Å²) in [4.78, 5) is 0. The topological polar surface area (TPSA) is 248 Å². The molecule has 21 atom stereocenters. The Morgan fingerprint density at radius 2 is 1.52 bits per heavy atom. The van der Waals surface area contributed by atoms with Crippen LogP contribution >= 0.6 is 0 Å². The molecule has 0 amide bonds. The summed E-state index contributed by atoms with van der Waals surface area (Å²) < 4.78 is 28.3. The SMILES string of the molecule is C=C(CC[C@@H](C)[C@H]1[C@@H](O)[C@H](O)[C@@H]2[C@]1(C)CC[C@H]1[C@@]2(O)[C@H](O)[C@@H](O)C2=C[C@@H](O[C@@H]3OC[C@@H](O)[C@H](O)[C@H]3OC)CC[C@@]21C)[C@H](C)CO[C@@H]1OC[C@@H](O)[C@H](O)[C@H]1O. The van der Waals surface area contributed by atoms with Gasteiger partial charge in [0.2, 0.25) is 0 Å². The number of rotatable bonds is 11. The first-order valence-electron chi connectivity index (χ1n) is 19.6. The average molecular weight is 773 g/mol. The van der Waals surface area contributed by atoms with Gasteiger partial charge in [-0.3, -0.25) is 0 Å². The number of hydrogen-bond donors (Lipinski definition) is 10. The van der Waals surface area contributed by atoms with Gasteiger partial charge in [-0.25, -0.2) is 0 Å². The Balaban J connectivity index is 1.14. The van der Waals surface area contributed by atoms with Crippen molar-refractivity contribution in [1.29, 1.82) is 0 Å². The van der Waals surface area contributed by atoms with Gasteiger partial charge in [0.05, 0.1) is 38.1 Å². The zero-order valence-corrected chi connectivity index (χ0v) is 32.1. The monoisotopic (exact) mass is 772 g/mol. The van der Waals surface area contributed by atoms with Crippen LogP contribution in [0.15, 0.2) is 23.8 Å². The van der Waals surface area contributed by atoms with E-state index in [1.54, 1.807) is 6.08 Å². The van der Waals surface area contributed by atoms with E-state index in [2.05, 4.69) is 6.58 Å². The van der Waals surface area contributed by atoms with Crippen molar-refractivity contribution in [1.82, 2.24) is 0 Å². The van der Waals surface area contributed by atoms with E-state index in [4.69, 9.17) is 23.7 Å².